The molecule has 0 radical (unpaired) electrons. The Bertz CT molecular complexity index is 645. The average molecular weight is 349 g/mol. The molecule has 0 spiro atoms. The van der Waals surface area contributed by atoms with Crippen LogP contribution in [0.5, 0.6) is 0 Å². The highest BCUT2D eigenvalue weighted by Crippen LogP contribution is 2.46. The molecular formula is C18H27N3O4. The number of amides is 1. The van der Waals surface area contributed by atoms with E-state index in [1.165, 1.54) is 0 Å². The Morgan fingerprint density at radius 2 is 2.28 bits per heavy atom. The quantitative estimate of drug-likeness (QED) is 0.756. The van der Waals surface area contributed by atoms with Gasteiger partial charge in [-0.25, -0.2) is 4.79 Å². The number of alkyl carbamates (subject to hydrolysis) is 1. The van der Waals surface area contributed by atoms with Gasteiger partial charge in [-0.1, -0.05) is 0 Å². The third-order valence-corrected chi connectivity index (χ3v) is 4.91. The minimum Gasteiger partial charge on any atom is -0.444 e. The number of hydrogen-bond donors (Lipinski definition) is 3. The van der Waals surface area contributed by atoms with Crippen LogP contribution in [-0.4, -0.2) is 39.5 Å². The highest BCUT2D eigenvalue weighted by Gasteiger charge is 2.54. The molecular weight excluding hydrogens is 322 g/mol. The molecule has 2 aliphatic rings. The van der Waals surface area contributed by atoms with Gasteiger partial charge in [0, 0.05) is 18.2 Å². The number of carbonyl (C=O) groups excluding carboxylic acids is 1. The van der Waals surface area contributed by atoms with Gasteiger partial charge in [0.2, 0.25) is 0 Å². The molecule has 7 nitrogen and oxygen atoms in total. The van der Waals surface area contributed by atoms with Crippen molar-refractivity contribution in [3.05, 3.63) is 24.0 Å². The van der Waals surface area contributed by atoms with E-state index in [1.54, 1.807) is 12.4 Å². The molecule has 25 heavy (non-hydrogen) atoms. The summed E-state index contributed by atoms with van der Waals surface area (Å²) in [5.41, 5.74) is 5.75. The molecule has 0 unspecified atom stereocenters. The molecule has 2 fully saturated rings. The van der Waals surface area contributed by atoms with Gasteiger partial charge in [0.25, 0.3) is 0 Å². The van der Waals surface area contributed by atoms with Crippen molar-refractivity contribution in [2.45, 2.75) is 75.9 Å². The van der Waals surface area contributed by atoms with Crippen molar-refractivity contribution in [2.24, 2.45) is 0 Å². The van der Waals surface area contributed by atoms with Crippen LogP contribution in [-0.2, 0) is 9.47 Å². The lowest BCUT2D eigenvalue weighted by Gasteiger charge is -2.45. The number of aromatic nitrogens is 1. The smallest absolute Gasteiger partial charge is 0.407 e. The lowest BCUT2D eigenvalue weighted by molar-refractivity contribution is -0.176. The summed E-state index contributed by atoms with van der Waals surface area (Å²) in [6, 6.07) is 1.37. The first-order chi connectivity index (χ1) is 11.7. The zero-order chi connectivity index (χ0) is 18.2. The normalized spacial score (nSPS) is 32.1. The summed E-state index contributed by atoms with van der Waals surface area (Å²) in [5, 5.41) is 14.0. The van der Waals surface area contributed by atoms with Gasteiger partial charge in [-0.3, -0.25) is 4.98 Å². The number of carbonyl (C=O) groups is 1. The van der Waals surface area contributed by atoms with E-state index in [0.29, 0.717) is 18.5 Å². The van der Waals surface area contributed by atoms with Crippen molar-refractivity contribution in [2.75, 3.05) is 5.73 Å². The Morgan fingerprint density at radius 1 is 1.52 bits per heavy atom. The minimum absolute atomic E-state index is 0.300. The van der Waals surface area contributed by atoms with Gasteiger partial charge in [0.05, 0.1) is 30.1 Å². The molecule has 1 saturated heterocycles. The third-order valence-electron chi connectivity index (χ3n) is 4.91. The molecule has 0 bridgehead atoms. The van der Waals surface area contributed by atoms with E-state index in [-0.39, 0.29) is 12.2 Å². The molecule has 3 rings (SSSR count). The molecule has 1 saturated carbocycles. The van der Waals surface area contributed by atoms with Gasteiger partial charge in [-0.05, 0) is 46.1 Å². The first-order valence-electron chi connectivity index (χ1n) is 8.76. The zero-order valence-electron chi connectivity index (χ0n) is 15.0. The van der Waals surface area contributed by atoms with Crippen molar-refractivity contribution in [3.63, 3.8) is 0 Å². The number of nitrogens with zero attached hydrogens (tertiary/aromatic N) is 1. The van der Waals surface area contributed by atoms with Crippen LogP contribution < -0.4 is 11.1 Å². The predicted molar refractivity (Wildman–Crippen MR) is 92.8 cm³/mol. The number of nitrogens with one attached hydrogen (secondary N) is 1. The summed E-state index contributed by atoms with van der Waals surface area (Å²) in [6.45, 7) is 5.43. The Balaban J connectivity index is 1.81. The predicted octanol–water partition coefficient (Wildman–Crippen LogP) is 2.30. The topological polar surface area (TPSA) is 107 Å². The van der Waals surface area contributed by atoms with Crippen LogP contribution in [0, 0.1) is 0 Å². The Labute approximate surface area is 147 Å². The van der Waals surface area contributed by atoms with Crippen LogP contribution in [0.4, 0.5) is 10.5 Å². The van der Waals surface area contributed by atoms with Crippen molar-refractivity contribution < 1.29 is 19.4 Å². The number of pyridine rings is 1. The van der Waals surface area contributed by atoms with Gasteiger partial charge < -0.3 is 25.6 Å². The maximum absolute atomic E-state index is 12.2. The number of nitrogen functional groups attached to an aromatic ring is 1. The molecule has 138 valence electrons. The molecule has 4 N–H and O–H groups in total. The average Bonchev–Trinajstić information content (AvgIpc) is 2.88. The highest BCUT2D eigenvalue weighted by atomic mass is 16.6. The second-order valence-electron chi connectivity index (χ2n) is 7.94. The Hall–Kier alpha value is -1.86. The zero-order valence-corrected chi connectivity index (χ0v) is 15.0. The summed E-state index contributed by atoms with van der Waals surface area (Å²) in [6.07, 6.45) is 4.73. The lowest BCUT2D eigenvalue weighted by atomic mass is 9.82. The highest BCUT2D eigenvalue weighted by molar-refractivity contribution is 5.68. The first-order valence-corrected chi connectivity index (χ1v) is 8.76. The fourth-order valence-electron chi connectivity index (χ4n) is 3.78. The molecule has 2 heterocycles. The van der Waals surface area contributed by atoms with E-state index < -0.39 is 23.3 Å². The monoisotopic (exact) mass is 349 g/mol. The number of fused-ring (bicyclic) bond motifs is 1. The SMILES string of the molecule is CC(C)(C)OC(=O)N[C@H]1C[C@@H](c2ccncc2N)O[C@H]2CCC[C@@]12O. The number of anilines is 1. The van der Waals surface area contributed by atoms with E-state index in [9.17, 15) is 9.90 Å². The van der Waals surface area contributed by atoms with Crippen molar-refractivity contribution in [3.8, 4) is 0 Å². The van der Waals surface area contributed by atoms with Crippen molar-refractivity contribution >= 4 is 11.8 Å². The number of nitrogens with two attached hydrogens (primary N) is 1. The maximum Gasteiger partial charge on any atom is 0.407 e. The van der Waals surface area contributed by atoms with Gasteiger partial charge in [-0.15, -0.1) is 0 Å². The third kappa shape index (κ3) is 3.72. The van der Waals surface area contributed by atoms with Crippen LogP contribution in [0.15, 0.2) is 18.5 Å². The molecule has 1 aliphatic carbocycles. The van der Waals surface area contributed by atoms with Gasteiger partial charge in [0.15, 0.2) is 0 Å². The number of hydrogen-bond acceptors (Lipinski definition) is 6. The molecule has 1 aromatic rings. The van der Waals surface area contributed by atoms with E-state index in [2.05, 4.69) is 10.3 Å². The maximum atomic E-state index is 12.2. The van der Waals surface area contributed by atoms with E-state index in [4.69, 9.17) is 15.2 Å². The van der Waals surface area contributed by atoms with Crippen LogP contribution in [0.2, 0.25) is 0 Å². The molecule has 4 atom stereocenters. The number of aliphatic hydroxyl groups is 1. The second-order valence-corrected chi connectivity index (χ2v) is 7.94. The largest absolute Gasteiger partial charge is 0.444 e. The molecule has 7 heteroatoms. The summed E-state index contributed by atoms with van der Waals surface area (Å²) < 4.78 is 11.5. The number of rotatable bonds is 2. The van der Waals surface area contributed by atoms with E-state index in [0.717, 1.165) is 18.4 Å². The molecule has 1 aromatic heterocycles. The van der Waals surface area contributed by atoms with E-state index >= 15 is 0 Å². The fourth-order valence-corrected chi connectivity index (χ4v) is 3.78. The molecule has 1 amide bonds. The van der Waals surface area contributed by atoms with Crippen molar-refractivity contribution in [1.82, 2.24) is 10.3 Å². The van der Waals surface area contributed by atoms with Crippen LogP contribution in [0.3, 0.4) is 0 Å². The van der Waals surface area contributed by atoms with Crippen LogP contribution >= 0.6 is 0 Å². The molecule has 0 aromatic carbocycles. The lowest BCUT2D eigenvalue weighted by Crippen LogP contribution is -2.61. The van der Waals surface area contributed by atoms with Gasteiger partial charge in [-0.2, -0.15) is 0 Å². The van der Waals surface area contributed by atoms with Crippen molar-refractivity contribution in [1.29, 1.82) is 0 Å². The molecule has 1 aliphatic heterocycles. The summed E-state index contributed by atoms with van der Waals surface area (Å²) in [5.74, 6) is 0. The minimum atomic E-state index is -1.07. The van der Waals surface area contributed by atoms with Crippen LogP contribution in [0.25, 0.3) is 0 Å². The Morgan fingerprint density at radius 3 is 2.96 bits per heavy atom. The Kier molecular flexibility index (Phi) is 4.64. The summed E-state index contributed by atoms with van der Waals surface area (Å²) >= 11 is 0. The van der Waals surface area contributed by atoms with Gasteiger partial charge in [0.1, 0.15) is 11.2 Å². The van der Waals surface area contributed by atoms with E-state index in [1.807, 2.05) is 26.8 Å². The first kappa shape index (κ1) is 17.9. The van der Waals surface area contributed by atoms with Gasteiger partial charge >= 0.3 is 6.09 Å². The summed E-state index contributed by atoms with van der Waals surface area (Å²) in [7, 11) is 0. The fraction of sp³-hybridized carbons (Fsp3) is 0.667. The number of ether oxygens (including phenoxy) is 2. The van der Waals surface area contributed by atoms with Crippen LogP contribution in [0.1, 0.15) is 58.1 Å². The second kappa shape index (κ2) is 6.46. The summed E-state index contributed by atoms with van der Waals surface area (Å²) in [4.78, 5) is 16.3. The standard InChI is InChI=1S/C18H27N3O4/c1-17(2,3)25-16(22)21-14-9-13(11-6-8-20-10-12(11)19)24-15-5-4-7-18(14,15)23/h6,8,10,13-15,23H,4-5,7,9,19H2,1-3H3,(H,21,22)/t13-,14-,15-,18+/m0/s1.